The summed E-state index contributed by atoms with van der Waals surface area (Å²) in [6, 6.07) is 14.3. The topological polar surface area (TPSA) is 125 Å². The smallest absolute Gasteiger partial charge is 0.294 e. The van der Waals surface area contributed by atoms with Crippen molar-refractivity contribution >= 4 is 17.7 Å². The molecule has 1 heterocycles. The fourth-order valence-electron chi connectivity index (χ4n) is 2.84. The van der Waals surface area contributed by atoms with Gasteiger partial charge in [0.1, 0.15) is 0 Å². The van der Waals surface area contributed by atoms with Crippen molar-refractivity contribution in [3.63, 3.8) is 0 Å². The highest BCUT2D eigenvalue weighted by atomic mass is 16.3. The molecule has 3 amide bonds. The molecule has 0 aliphatic rings. The molecule has 4 N–H and O–H groups in total. The third-order valence-corrected chi connectivity index (χ3v) is 4.14. The van der Waals surface area contributed by atoms with Crippen LogP contribution in [0.1, 0.15) is 32.0 Å². The first-order valence-electron chi connectivity index (χ1n) is 9.13. The second-order valence-electron chi connectivity index (χ2n) is 6.70. The zero-order valence-electron chi connectivity index (χ0n) is 16.5. The molecular weight excluding hydrogens is 386 g/mol. The molecule has 0 spiro atoms. The second-order valence-corrected chi connectivity index (χ2v) is 6.70. The first kappa shape index (κ1) is 20.6. The monoisotopic (exact) mass is 407 g/mol. The molecule has 0 radical (unpaired) electrons. The predicted molar refractivity (Wildman–Crippen MR) is 109 cm³/mol. The summed E-state index contributed by atoms with van der Waals surface area (Å²) in [5.41, 5.74) is 7.06. The maximum atomic E-state index is 12.2. The minimum atomic E-state index is -0.795. The maximum Gasteiger partial charge on any atom is 0.294 e. The summed E-state index contributed by atoms with van der Waals surface area (Å²) in [4.78, 5) is 36.3. The number of carbonyl (C=O) groups excluding carboxylic acids is 3. The van der Waals surface area contributed by atoms with E-state index in [1.807, 2.05) is 26.0 Å². The SMILES string of the molecule is Cc1cc(C)cc(C(=O)NCC(=O)NNC(=O)c2nn(-c3ccccc3)cc2O)c1. The zero-order chi connectivity index (χ0) is 21.7. The van der Waals surface area contributed by atoms with Gasteiger partial charge in [0, 0.05) is 5.56 Å². The summed E-state index contributed by atoms with van der Waals surface area (Å²) in [6.45, 7) is 3.41. The molecule has 154 valence electrons. The fraction of sp³-hybridized carbons (Fsp3) is 0.143. The third kappa shape index (κ3) is 5.02. The molecule has 0 saturated carbocycles. The van der Waals surface area contributed by atoms with Crippen molar-refractivity contribution in [3.8, 4) is 11.4 Å². The number of nitrogens with zero attached hydrogens (tertiary/aromatic N) is 2. The summed E-state index contributed by atoms with van der Waals surface area (Å²) in [5.74, 6) is -2.17. The van der Waals surface area contributed by atoms with Crippen LogP contribution in [0.25, 0.3) is 5.69 Å². The van der Waals surface area contributed by atoms with Crippen molar-refractivity contribution in [2.75, 3.05) is 6.54 Å². The lowest BCUT2D eigenvalue weighted by atomic mass is 10.1. The Kier molecular flexibility index (Phi) is 6.11. The molecule has 0 aliphatic carbocycles. The number of hydrogen-bond donors (Lipinski definition) is 4. The van der Waals surface area contributed by atoms with Crippen LogP contribution in [0.3, 0.4) is 0 Å². The van der Waals surface area contributed by atoms with Crippen LogP contribution in [-0.4, -0.2) is 39.2 Å². The molecule has 0 aliphatic heterocycles. The van der Waals surface area contributed by atoms with Crippen molar-refractivity contribution in [2.45, 2.75) is 13.8 Å². The number of carbonyl (C=O) groups is 3. The van der Waals surface area contributed by atoms with Crippen molar-refractivity contribution in [3.05, 3.63) is 77.1 Å². The summed E-state index contributed by atoms with van der Waals surface area (Å²) >= 11 is 0. The van der Waals surface area contributed by atoms with Crippen LogP contribution >= 0.6 is 0 Å². The van der Waals surface area contributed by atoms with E-state index in [2.05, 4.69) is 21.3 Å². The minimum Gasteiger partial charge on any atom is -0.504 e. The van der Waals surface area contributed by atoms with E-state index < -0.39 is 17.7 Å². The van der Waals surface area contributed by atoms with Gasteiger partial charge < -0.3 is 10.4 Å². The largest absolute Gasteiger partial charge is 0.504 e. The van der Waals surface area contributed by atoms with Gasteiger partial charge in [-0.3, -0.25) is 25.2 Å². The van der Waals surface area contributed by atoms with Gasteiger partial charge in [-0.25, -0.2) is 4.68 Å². The number of rotatable bonds is 5. The Hall–Kier alpha value is -4.14. The van der Waals surface area contributed by atoms with E-state index in [0.29, 0.717) is 11.3 Å². The lowest BCUT2D eigenvalue weighted by Crippen LogP contribution is -2.46. The molecule has 0 bridgehead atoms. The van der Waals surface area contributed by atoms with Crippen LogP contribution in [0.15, 0.2) is 54.7 Å². The van der Waals surface area contributed by atoms with Gasteiger partial charge in [-0.1, -0.05) is 35.4 Å². The molecule has 0 fully saturated rings. The summed E-state index contributed by atoms with van der Waals surface area (Å²) in [6.07, 6.45) is 1.29. The van der Waals surface area contributed by atoms with E-state index in [9.17, 15) is 19.5 Å². The van der Waals surface area contributed by atoms with Crippen LogP contribution in [-0.2, 0) is 4.79 Å². The van der Waals surface area contributed by atoms with Crippen LogP contribution in [0.2, 0.25) is 0 Å². The Morgan fingerprint density at radius 3 is 2.30 bits per heavy atom. The number of hydrazine groups is 1. The average molecular weight is 407 g/mol. The van der Waals surface area contributed by atoms with E-state index >= 15 is 0 Å². The third-order valence-electron chi connectivity index (χ3n) is 4.14. The number of nitrogens with one attached hydrogen (secondary N) is 3. The van der Waals surface area contributed by atoms with E-state index in [-0.39, 0.29) is 18.0 Å². The highest BCUT2D eigenvalue weighted by molar-refractivity contribution is 5.98. The van der Waals surface area contributed by atoms with E-state index in [1.54, 1.807) is 36.4 Å². The molecule has 0 saturated heterocycles. The number of amides is 3. The summed E-state index contributed by atoms with van der Waals surface area (Å²) in [7, 11) is 0. The highest BCUT2D eigenvalue weighted by Gasteiger charge is 2.18. The van der Waals surface area contributed by atoms with Crippen LogP contribution in [0.4, 0.5) is 0 Å². The molecular formula is C21H21N5O4. The zero-order valence-corrected chi connectivity index (χ0v) is 16.5. The van der Waals surface area contributed by atoms with Crippen LogP contribution in [0.5, 0.6) is 5.75 Å². The van der Waals surface area contributed by atoms with Gasteiger partial charge in [-0.15, -0.1) is 0 Å². The standard InChI is InChI=1S/C21H21N5O4/c1-13-8-14(2)10-15(9-13)20(29)22-11-18(28)23-24-21(30)19-17(27)12-26(25-19)16-6-4-3-5-7-16/h3-10,12,27H,11H2,1-2H3,(H,22,29)(H,23,28)(H,24,30). The first-order valence-corrected chi connectivity index (χ1v) is 9.13. The van der Waals surface area contributed by atoms with Crippen molar-refractivity contribution in [2.24, 2.45) is 0 Å². The predicted octanol–water partition coefficient (Wildman–Crippen LogP) is 1.39. The second kappa shape index (κ2) is 8.91. The van der Waals surface area contributed by atoms with E-state index in [4.69, 9.17) is 0 Å². The quantitative estimate of drug-likeness (QED) is 0.476. The van der Waals surface area contributed by atoms with Gasteiger partial charge in [-0.2, -0.15) is 5.10 Å². The number of hydrogen-bond acceptors (Lipinski definition) is 5. The molecule has 0 atom stereocenters. The normalized spacial score (nSPS) is 10.3. The fourth-order valence-corrected chi connectivity index (χ4v) is 2.84. The Balaban J connectivity index is 1.53. The average Bonchev–Trinajstić information content (AvgIpc) is 3.12. The Labute approximate surface area is 172 Å². The molecule has 9 heteroatoms. The molecule has 0 unspecified atom stereocenters. The van der Waals surface area contributed by atoms with Gasteiger partial charge in [0.2, 0.25) is 0 Å². The minimum absolute atomic E-state index is 0.251. The molecule has 3 aromatic rings. The molecule has 2 aromatic carbocycles. The van der Waals surface area contributed by atoms with Crippen LogP contribution < -0.4 is 16.2 Å². The van der Waals surface area contributed by atoms with Crippen molar-refractivity contribution in [1.82, 2.24) is 25.9 Å². The van der Waals surface area contributed by atoms with Gasteiger partial charge in [0.15, 0.2) is 11.4 Å². The van der Waals surface area contributed by atoms with Gasteiger partial charge in [-0.05, 0) is 38.1 Å². The van der Waals surface area contributed by atoms with E-state index in [0.717, 1.165) is 11.1 Å². The number of aryl methyl sites for hydroxylation is 2. The van der Waals surface area contributed by atoms with Crippen molar-refractivity contribution < 1.29 is 19.5 Å². The van der Waals surface area contributed by atoms with Gasteiger partial charge >= 0.3 is 0 Å². The summed E-state index contributed by atoms with van der Waals surface area (Å²) in [5, 5.41) is 16.5. The summed E-state index contributed by atoms with van der Waals surface area (Å²) < 4.78 is 1.34. The molecule has 9 nitrogen and oxygen atoms in total. The van der Waals surface area contributed by atoms with Crippen LogP contribution in [0, 0.1) is 13.8 Å². The number of aromatic nitrogens is 2. The molecule has 1 aromatic heterocycles. The van der Waals surface area contributed by atoms with Gasteiger partial charge in [0.05, 0.1) is 18.4 Å². The Morgan fingerprint density at radius 2 is 1.63 bits per heavy atom. The Morgan fingerprint density at radius 1 is 0.967 bits per heavy atom. The highest BCUT2D eigenvalue weighted by Crippen LogP contribution is 2.17. The van der Waals surface area contributed by atoms with Crippen molar-refractivity contribution in [1.29, 1.82) is 0 Å². The van der Waals surface area contributed by atoms with Gasteiger partial charge in [0.25, 0.3) is 17.7 Å². The number of benzene rings is 2. The lowest BCUT2D eigenvalue weighted by Gasteiger charge is -2.08. The number of para-hydroxylation sites is 1. The maximum absolute atomic E-state index is 12.2. The lowest BCUT2D eigenvalue weighted by molar-refractivity contribution is -0.120. The molecule has 3 rings (SSSR count). The molecule has 30 heavy (non-hydrogen) atoms. The number of aromatic hydroxyl groups is 1. The van der Waals surface area contributed by atoms with E-state index in [1.165, 1.54) is 10.9 Å². The first-order chi connectivity index (χ1) is 14.3. The Bertz CT molecular complexity index is 1070.